The Labute approximate surface area is 124 Å². The zero-order chi connectivity index (χ0) is 14.0. The number of sulfonamides is 1. The molecule has 0 aromatic heterocycles. The van der Waals surface area contributed by atoms with E-state index in [-0.39, 0.29) is 23.5 Å². The number of hydrogen-bond donors (Lipinski definition) is 1. The molecular formula is C11H12INO5S. The van der Waals surface area contributed by atoms with Crippen LogP contribution in [-0.4, -0.2) is 50.1 Å². The predicted molar refractivity (Wildman–Crippen MR) is 75.7 cm³/mol. The smallest absolute Gasteiger partial charge is 0.336 e. The van der Waals surface area contributed by atoms with Crippen molar-refractivity contribution in [2.24, 2.45) is 0 Å². The standard InChI is InChI=1S/C11H12INO5S/c12-10-2-1-8(7-9(10)11(14)15)19(16,17)13-3-5-18-6-4-13/h1-2,7H,3-6H2,(H,14,15). The molecule has 1 aliphatic rings. The molecule has 0 bridgehead atoms. The largest absolute Gasteiger partial charge is 0.478 e. The van der Waals surface area contributed by atoms with Crippen molar-refractivity contribution in [3.8, 4) is 0 Å². The van der Waals surface area contributed by atoms with Crippen LogP contribution >= 0.6 is 22.6 Å². The van der Waals surface area contributed by atoms with Gasteiger partial charge in [-0.3, -0.25) is 0 Å². The van der Waals surface area contributed by atoms with E-state index >= 15 is 0 Å². The summed E-state index contributed by atoms with van der Waals surface area (Å²) in [5.74, 6) is -1.14. The van der Waals surface area contributed by atoms with Gasteiger partial charge in [0.05, 0.1) is 23.7 Å². The number of ether oxygens (including phenoxy) is 1. The molecular weight excluding hydrogens is 385 g/mol. The maximum absolute atomic E-state index is 12.3. The number of rotatable bonds is 3. The second kappa shape index (κ2) is 5.73. The fourth-order valence-electron chi connectivity index (χ4n) is 1.76. The van der Waals surface area contributed by atoms with Gasteiger partial charge in [-0.05, 0) is 40.8 Å². The quantitative estimate of drug-likeness (QED) is 0.770. The molecule has 8 heteroatoms. The summed E-state index contributed by atoms with van der Waals surface area (Å²) in [6.07, 6.45) is 0. The molecule has 0 amide bonds. The van der Waals surface area contributed by atoms with Gasteiger partial charge in [-0.1, -0.05) is 0 Å². The Morgan fingerprint density at radius 3 is 2.53 bits per heavy atom. The topological polar surface area (TPSA) is 83.9 Å². The molecule has 19 heavy (non-hydrogen) atoms. The molecule has 0 saturated carbocycles. The SMILES string of the molecule is O=C(O)c1cc(S(=O)(=O)N2CCOCC2)ccc1I. The van der Waals surface area contributed by atoms with Crippen LogP contribution in [0, 0.1) is 3.57 Å². The normalized spacial score (nSPS) is 17.3. The highest BCUT2D eigenvalue weighted by Gasteiger charge is 2.27. The van der Waals surface area contributed by atoms with Crippen LogP contribution in [0.5, 0.6) is 0 Å². The molecule has 104 valence electrons. The summed E-state index contributed by atoms with van der Waals surface area (Å²) in [6.45, 7) is 1.29. The third-order valence-corrected chi connectivity index (χ3v) is 5.61. The molecule has 1 aromatic rings. The highest BCUT2D eigenvalue weighted by Crippen LogP contribution is 2.21. The van der Waals surface area contributed by atoms with Crippen LogP contribution in [0.2, 0.25) is 0 Å². The molecule has 1 fully saturated rings. The van der Waals surface area contributed by atoms with Gasteiger partial charge >= 0.3 is 5.97 Å². The molecule has 6 nitrogen and oxygen atoms in total. The summed E-state index contributed by atoms with van der Waals surface area (Å²) in [6, 6.07) is 4.13. The third-order valence-electron chi connectivity index (χ3n) is 2.78. The van der Waals surface area contributed by atoms with E-state index in [2.05, 4.69) is 0 Å². The van der Waals surface area contributed by atoms with E-state index in [4.69, 9.17) is 9.84 Å². The fraction of sp³-hybridized carbons (Fsp3) is 0.364. The van der Waals surface area contributed by atoms with Crippen LogP contribution in [0.15, 0.2) is 23.1 Å². The Balaban J connectivity index is 2.40. The number of halogens is 1. The first kappa shape index (κ1) is 14.7. The second-order valence-corrected chi connectivity index (χ2v) is 7.06. The molecule has 1 heterocycles. The fourth-order valence-corrected chi connectivity index (χ4v) is 3.77. The van der Waals surface area contributed by atoms with Crippen LogP contribution in [0.1, 0.15) is 10.4 Å². The van der Waals surface area contributed by atoms with Crippen molar-refractivity contribution in [2.75, 3.05) is 26.3 Å². The molecule has 2 rings (SSSR count). The van der Waals surface area contributed by atoms with Crippen molar-refractivity contribution in [1.29, 1.82) is 0 Å². The Morgan fingerprint density at radius 1 is 1.32 bits per heavy atom. The zero-order valence-corrected chi connectivity index (χ0v) is 12.8. The number of carboxylic acid groups (broad SMARTS) is 1. The maximum Gasteiger partial charge on any atom is 0.336 e. The average Bonchev–Trinajstić information content (AvgIpc) is 2.39. The molecule has 0 spiro atoms. The third kappa shape index (κ3) is 3.07. The number of carbonyl (C=O) groups is 1. The molecule has 0 atom stereocenters. The molecule has 0 unspecified atom stereocenters. The van der Waals surface area contributed by atoms with Crippen LogP contribution in [0.3, 0.4) is 0 Å². The number of aromatic carboxylic acids is 1. The lowest BCUT2D eigenvalue weighted by Gasteiger charge is -2.26. The number of benzene rings is 1. The van der Waals surface area contributed by atoms with Crippen molar-refractivity contribution >= 4 is 38.6 Å². The van der Waals surface area contributed by atoms with Gasteiger partial charge in [0.2, 0.25) is 10.0 Å². The highest BCUT2D eigenvalue weighted by atomic mass is 127. The molecule has 0 radical (unpaired) electrons. The number of morpholine rings is 1. The number of carboxylic acids is 1. The van der Waals surface area contributed by atoms with E-state index in [1.807, 2.05) is 22.6 Å². The van der Waals surface area contributed by atoms with E-state index in [0.29, 0.717) is 16.8 Å². The van der Waals surface area contributed by atoms with Crippen molar-refractivity contribution in [2.45, 2.75) is 4.90 Å². The summed E-state index contributed by atoms with van der Waals surface area (Å²) < 4.78 is 31.6. The summed E-state index contributed by atoms with van der Waals surface area (Å²) >= 11 is 1.87. The van der Waals surface area contributed by atoms with Gasteiger partial charge in [-0.2, -0.15) is 4.31 Å². The van der Waals surface area contributed by atoms with Gasteiger partial charge in [0, 0.05) is 16.7 Å². The van der Waals surface area contributed by atoms with Crippen molar-refractivity contribution in [3.05, 3.63) is 27.3 Å². The van der Waals surface area contributed by atoms with Crippen LogP contribution in [0.25, 0.3) is 0 Å². The molecule has 1 N–H and O–H groups in total. The van der Waals surface area contributed by atoms with Crippen molar-refractivity contribution in [3.63, 3.8) is 0 Å². The molecule has 0 aliphatic carbocycles. The lowest BCUT2D eigenvalue weighted by atomic mass is 10.2. The Bertz CT molecular complexity index is 595. The van der Waals surface area contributed by atoms with Crippen molar-refractivity contribution < 1.29 is 23.1 Å². The van der Waals surface area contributed by atoms with E-state index in [1.54, 1.807) is 0 Å². The summed E-state index contributed by atoms with van der Waals surface area (Å²) in [5, 5.41) is 9.03. The van der Waals surface area contributed by atoms with E-state index in [9.17, 15) is 13.2 Å². The molecule has 1 saturated heterocycles. The van der Waals surface area contributed by atoms with Gasteiger partial charge in [-0.25, -0.2) is 13.2 Å². The number of nitrogens with zero attached hydrogens (tertiary/aromatic N) is 1. The van der Waals surface area contributed by atoms with Gasteiger partial charge in [0.15, 0.2) is 0 Å². The van der Waals surface area contributed by atoms with Crippen LogP contribution in [0.4, 0.5) is 0 Å². The predicted octanol–water partition coefficient (Wildman–Crippen LogP) is 1.01. The Morgan fingerprint density at radius 2 is 1.95 bits per heavy atom. The summed E-state index contributed by atoms with van der Waals surface area (Å²) in [4.78, 5) is 11.1. The lowest BCUT2D eigenvalue weighted by Crippen LogP contribution is -2.40. The zero-order valence-electron chi connectivity index (χ0n) is 9.87. The molecule has 1 aliphatic heterocycles. The Hall–Kier alpha value is -0.710. The minimum absolute atomic E-state index is 0.00469. The van der Waals surface area contributed by atoms with E-state index in [0.717, 1.165) is 0 Å². The first-order valence-electron chi connectivity index (χ1n) is 5.53. The van der Waals surface area contributed by atoms with E-state index in [1.165, 1.54) is 22.5 Å². The average molecular weight is 397 g/mol. The van der Waals surface area contributed by atoms with Gasteiger partial charge in [0.25, 0.3) is 0 Å². The summed E-state index contributed by atoms with van der Waals surface area (Å²) in [5.41, 5.74) is -0.00469. The Kier molecular flexibility index (Phi) is 4.43. The van der Waals surface area contributed by atoms with Crippen molar-refractivity contribution in [1.82, 2.24) is 4.31 Å². The van der Waals surface area contributed by atoms with Crippen LogP contribution < -0.4 is 0 Å². The van der Waals surface area contributed by atoms with Gasteiger partial charge in [-0.15, -0.1) is 0 Å². The first-order chi connectivity index (χ1) is 8.93. The minimum atomic E-state index is -3.65. The lowest BCUT2D eigenvalue weighted by molar-refractivity contribution is 0.0694. The minimum Gasteiger partial charge on any atom is -0.478 e. The van der Waals surface area contributed by atoms with Gasteiger partial charge < -0.3 is 9.84 Å². The van der Waals surface area contributed by atoms with E-state index < -0.39 is 16.0 Å². The molecule has 1 aromatic carbocycles. The maximum atomic E-state index is 12.3. The number of hydrogen-bond acceptors (Lipinski definition) is 4. The van der Waals surface area contributed by atoms with Gasteiger partial charge in [0.1, 0.15) is 0 Å². The highest BCUT2D eigenvalue weighted by molar-refractivity contribution is 14.1. The first-order valence-corrected chi connectivity index (χ1v) is 8.05. The monoisotopic (exact) mass is 397 g/mol. The van der Waals surface area contributed by atoms with Crippen LogP contribution in [-0.2, 0) is 14.8 Å². The summed E-state index contributed by atoms with van der Waals surface area (Å²) in [7, 11) is -3.65. The second-order valence-electron chi connectivity index (χ2n) is 3.96.